The summed E-state index contributed by atoms with van der Waals surface area (Å²) in [5.74, 6) is 2.07. The normalized spacial score (nSPS) is 16.8. The first-order valence-corrected chi connectivity index (χ1v) is 10.3. The third-order valence-electron chi connectivity index (χ3n) is 5.66. The van der Waals surface area contributed by atoms with E-state index in [1.165, 1.54) is 6.42 Å². The number of piperazine rings is 1. The second-order valence-corrected chi connectivity index (χ2v) is 7.65. The Morgan fingerprint density at radius 1 is 1.00 bits per heavy atom. The van der Waals surface area contributed by atoms with Crippen LogP contribution in [0.2, 0.25) is 0 Å². The summed E-state index contributed by atoms with van der Waals surface area (Å²) in [6.45, 7) is 11.4. The Bertz CT molecular complexity index is 930. The van der Waals surface area contributed by atoms with Crippen molar-refractivity contribution in [3.8, 4) is 22.6 Å². The first-order valence-electron chi connectivity index (χ1n) is 10.3. The van der Waals surface area contributed by atoms with E-state index in [9.17, 15) is 0 Å². The van der Waals surface area contributed by atoms with Crippen LogP contribution in [0.1, 0.15) is 32.0 Å². The molecule has 1 fully saturated rings. The first-order chi connectivity index (χ1) is 14.1. The minimum atomic E-state index is 0.628. The quantitative estimate of drug-likeness (QED) is 0.636. The molecule has 3 aromatic rings. The van der Waals surface area contributed by atoms with Crippen molar-refractivity contribution in [3.63, 3.8) is 0 Å². The Morgan fingerprint density at radius 2 is 1.72 bits per heavy atom. The van der Waals surface area contributed by atoms with Crippen LogP contribution < -0.4 is 0 Å². The molecule has 1 aliphatic rings. The minimum absolute atomic E-state index is 0.628. The lowest BCUT2D eigenvalue weighted by Gasteiger charge is -2.37. The van der Waals surface area contributed by atoms with Gasteiger partial charge in [-0.05, 0) is 26.3 Å². The average Bonchev–Trinajstić information content (AvgIpc) is 3.22. The second-order valence-electron chi connectivity index (χ2n) is 7.65. The Labute approximate surface area is 171 Å². The predicted octanol–water partition coefficient (Wildman–Crippen LogP) is 3.42. The number of rotatable bonds is 6. The van der Waals surface area contributed by atoms with Gasteiger partial charge in [0.25, 0.3) is 0 Å². The molecule has 0 bridgehead atoms. The molecule has 0 spiro atoms. The zero-order valence-electron chi connectivity index (χ0n) is 17.4. The van der Waals surface area contributed by atoms with Crippen molar-refractivity contribution in [3.05, 3.63) is 48.2 Å². The van der Waals surface area contributed by atoms with Crippen LogP contribution in [0.3, 0.4) is 0 Å². The molecule has 4 rings (SSSR count). The summed E-state index contributed by atoms with van der Waals surface area (Å²) in [6, 6.07) is 10.6. The highest BCUT2D eigenvalue weighted by Crippen LogP contribution is 2.22. The summed E-state index contributed by atoms with van der Waals surface area (Å²) >= 11 is 0. The predicted molar refractivity (Wildman–Crippen MR) is 112 cm³/mol. The fourth-order valence-electron chi connectivity index (χ4n) is 3.66. The van der Waals surface area contributed by atoms with Gasteiger partial charge in [0.05, 0.1) is 12.2 Å². The molecule has 0 radical (unpaired) electrons. The van der Waals surface area contributed by atoms with Crippen LogP contribution in [-0.2, 0) is 6.54 Å². The molecule has 0 saturated carbocycles. The molecule has 2 aromatic heterocycles. The number of aromatic nitrogens is 4. The Kier molecular flexibility index (Phi) is 5.97. The van der Waals surface area contributed by atoms with E-state index in [2.05, 4.69) is 43.8 Å². The number of benzene rings is 1. The van der Waals surface area contributed by atoms with E-state index in [-0.39, 0.29) is 0 Å². The smallest absolute Gasteiger partial charge is 0.241 e. The summed E-state index contributed by atoms with van der Waals surface area (Å²) in [5.41, 5.74) is 2.90. The summed E-state index contributed by atoms with van der Waals surface area (Å²) in [4.78, 5) is 18.2. The van der Waals surface area contributed by atoms with Gasteiger partial charge < -0.3 is 4.52 Å². The molecule has 0 unspecified atom stereocenters. The van der Waals surface area contributed by atoms with Crippen molar-refractivity contribution in [1.29, 1.82) is 0 Å². The van der Waals surface area contributed by atoms with E-state index >= 15 is 0 Å². The number of aryl methyl sites for hydroxylation is 1. The molecule has 1 aliphatic heterocycles. The maximum atomic E-state index is 5.51. The average molecular weight is 393 g/mol. The number of nitrogens with zero attached hydrogens (tertiary/aromatic N) is 6. The van der Waals surface area contributed by atoms with Gasteiger partial charge in [-0.3, -0.25) is 9.80 Å². The summed E-state index contributed by atoms with van der Waals surface area (Å²) in [5, 5.41) is 4.18. The van der Waals surface area contributed by atoms with E-state index < -0.39 is 0 Å². The van der Waals surface area contributed by atoms with Gasteiger partial charge in [0, 0.05) is 49.5 Å². The third kappa shape index (κ3) is 4.68. The molecule has 1 saturated heterocycles. The van der Waals surface area contributed by atoms with Gasteiger partial charge in [-0.1, -0.05) is 36.3 Å². The van der Waals surface area contributed by atoms with Crippen molar-refractivity contribution in [2.24, 2.45) is 0 Å². The molecule has 29 heavy (non-hydrogen) atoms. The monoisotopic (exact) mass is 392 g/mol. The van der Waals surface area contributed by atoms with Crippen LogP contribution in [0, 0.1) is 6.92 Å². The summed E-state index contributed by atoms with van der Waals surface area (Å²) in [7, 11) is 0. The second kappa shape index (κ2) is 8.80. The topological polar surface area (TPSA) is 71.2 Å². The number of hydrogen-bond acceptors (Lipinski definition) is 7. The zero-order valence-corrected chi connectivity index (χ0v) is 17.4. The van der Waals surface area contributed by atoms with Crippen LogP contribution in [0.5, 0.6) is 0 Å². The third-order valence-corrected chi connectivity index (χ3v) is 5.66. The van der Waals surface area contributed by atoms with Crippen molar-refractivity contribution in [2.45, 2.75) is 39.8 Å². The zero-order chi connectivity index (χ0) is 20.2. The first kappa shape index (κ1) is 19.7. The lowest BCUT2D eigenvalue weighted by atomic mass is 10.1. The Balaban J connectivity index is 1.38. The summed E-state index contributed by atoms with van der Waals surface area (Å²) < 4.78 is 5.51. The Hall–Kier alpha value is -2.64. The van der Waals surface area contributed by atoms with E-state index in [0.29, 0.717) is 24.3 Å². The molecule has 3 heterocycles. The van der Waals surface area contributed by atoms with E-state index in [1.54, 1.807) is 6.20 Å². The van der Waals surface area contributed by atoms with Gasteiger partial charge in [-0.25, -0.2) is 9.97 Å². The van der Waals surface area contributed by atoms with Crippen LogP contribution >= 0.6 is 0 Å². The minimum Gasteiger partial charge on any atom is -0.338 e. The van der Waals surface area contributed by atoms with E-state index in [0.717, 1.165) is 48.8 Å². The highest BCUT2D eigenvalue weighted by atomic mass is 16.5. The number of hydrogen-bond donors (Lipinski definition) is 0. The molecule has 1 aromatic carbocycles. The molecular formula is C22H28N6O. The van der Waals surface area contributed by atoms with Crippen molar-refractivity contribution < 1.29 is 4.52 Å². The van der Waals surface area contributed by atoms with Crippen LogP contribution in [0.25, 0.3) is 22.6 Å². The van der Waals surface area contributed by atoms with Gasteiger partial charge in [-0.2, -0.15) is 4.98 Å². The standard InChI is InChI=1S/C22H28N6O/c1-4-16(2)28-13-11-27(12-14-28)15-21-25-22(26-29-21)19-7-5-18(6-8-19)20-9-10-23-17(3)24-20/h5-10,16H,4,11-15H2,1-3H3/t16-/m1/s1. The van der Waals surface area contributed by atoms with Crippen LogP contribution in [0.15, 0.2) is 41.1 Å². The van der Waals surface area contributed by atoms with Gasteiger partial charge in [-0.15, -0.1) is 0 Å². The highest BCUT2D eigenvalue weighted by Gasteiger charge is 2.21. The molecular weight excluding hydrogens is 364 g/mol. The van der Waals surface area contributed by atoms with Crippen LogP contribution in [0.4, 0.5) is 0 Å². The lowest BCUT2D eigenvalue weighted by molar-refractivity contribution is 0.0892. The fraction of sp³-hybridized carbons (Fsp3) is 0.455. The molecule has 0 amide bonds. The molecule has 0 aliphatic carbocycles. The van der Waals surface area contributed by atoms with E-state index in [4.69, 9.17) is 4.52 Å². The van der Waals surface area contributed by atoms with Gasteiger partial charge in [0.2, 0.25) is 11.7 Å². The summed E-state index contributed by atoms with van der Waals surface area (Å²) in [6.07, 6.45) is 2.97. The van der Waals surface area contributed by atoms with Gasteiger partial charge >= 0.3 is 0 Å². The fourth-order valence-corrected chi connectivity index (χ4v) is 3.66. The van der Waals surface area contributed by atoms with Crippen molar-refractivity contribution >= 4 is 0 Å². The molecule has 152 valence electrons. The maximum absolute atomic E-state index is 5.51. The maximum Gasteiger partial charge on any atom is 0.241 e. The van der Waals surface area contributed by atoms with Crippen molar-refractivity contribution in [2.75, 3.05) is 26.2 Å². The van der Waals surface area contributed by atoms with Crippen molar-refractivity contribution in [1.82, 2.24) is 29.9 Å². The highest BCUT2D eigenvalue weighted by molar-refractivity contribution is 5.64. The molecule has 1 atom stereocenters. The SMILES string of the molecule is CC[C@@H](C)N1CCN(Cc2nc(-c3ccc(-c4ccnc(C)n4)cc3)no2)CC1. The van der Waals surface area contributed by atoms with E-state index in [1.807, 2.05) is 37.3 Å². The van der Waals surface area contributed by atoms with Gasteiger partial charge in [0.1, 0.15) is 5.82 Å². The Morgan fingerprint density at radius 3 is 2.41 bits per heavy atom. The van der Waals surface area contributed by atoms with Gasteiger partial charge in [0.15, 0.2) is 0 Å². The lowest BCUT2D eigenvalue weighted by Crippen LogP contribution is -2.49. The molecule has 7 heteroatoms. The molecule has 7 nitrogen and oxygen atoms in total. The van der Waals surface area contributed by atoms with Crippen LogP contribution in [-0.4, -0.2) is 62.1 Å². The largest absolute Gasteiger partial charge is 0.338 e. The molecule has 0 N–H and O–H groups in total.